The number of carbonyl (C=O) groups excluding carboxylic acids is 1. The Labute approximate surface area is 112 Å². The minimum atomic E-state index is -0.545. The fourth-order valence-electron chi connectivity index (χ4n) is 2.24. The van der Waals surface area contributed by atoms with Gasteiger partial charge in [-0.1, -0.05) is 24.3 Å². The average molecular weight is 264 g/mol. The highest BCUT2D eigenvalue weighted by molar-refractivity contribution is 7.80. The van der Waals surface area contributed by atoms with Crippen molar-refractivity contribution in [1.82, 2.24) is 10.6 Å². The zero-order valence-electron chi connectivity index (χ0n) is 10.2. The highest BCUT2D eigenvalue weighted by Gasteiger charge is 2.20. The first-order chi connectivity index (χ1) is 8.70. The standard InChI is InChI=1S/C13H16N2O2S/c1-17-13(16)15-12(18)14-11-8-4-6-9-5-2-3-7-10(9)11/h2-3,5,7,11H,4,6,8H2,1H3,(H2,14,15,16,18). The average Bonchev–Trinajstić information content (AvgIpc) is 2.39. The number of hydrogen-bond donors (Lipinski definition) is 2. The number of benzene rings is 1. The number of hydrogen-bond acceptors (Lipinski definition) is 3. The monoisotopic (exact) mass is 264 g/mol. The van der Waals surface area contributed by atoms with Gasteiger partial charge >= 0.3 is 6.09 Å². The van der Waals surface area contributed by atoms with Gasteiger partial charge in [-0.3, -0.25) is 5.32 Å². The lowest BCUT2D eigenvalue weighted by molar-refractivity contribution is 0.176. The molecule has 1 amide bonds. The minimum absolute atomic E-state index is 0.166. The molecule has 0 radical (unpaired) electrons. The minimum Gasteiger partial charge on any atom is -0.453 e. The molecule has 0 aliphatic heterocycles. The number of ether oxygens (including phenoxy) is 1. The summed E-state index contributed by atoms with van der Waals surface area (Å²) < 4.78 is 4.50. The molecule has 18 heavy (non-hydrogen) atoms. The molecule has 1 unspecified atom stereocenters. The summed E-state index contributed by atoms with van der Waals surface area (Å²) in [7, 11) is 1.31. The molecule has 0 fully saturated rings. The molecule has 1 aliphatic rings. The fraction of sp³-hybridized carbons (Fsp3) is 0.385. The van der Waals surface area contributed by atoms with Crippen molar-refractivity contribution in [2.75, 3.05) is 7.11 Å². The Morgan fingerprint density at radius 1 is 1.44 bits per heavy atom. The lowest BCUT2D eigenvalue weighted by atomic mass is 9.88. The van der Waals surface area contributed by atoms with Crippen LogP contribution < -0.4 is 10.6 Å². The number of methoxy groups -OCH3 is 1. The van der Waals surface area contributed by atoms with Gasteiger partial charge in [0.2, 0.25) is 0 Å². The molecule has 1 aromatic carbocycles. The van der Waals surface area contributed by atoms with E-state index in [2.05, 4.69) is 27.5 Å². The fourth-order valence-corrected chi connectivity index (χ4v) is 2.47. The van der Waals surface area contributed by atoms with E-state index in [0.29, 0.717) is 5.11 Å². The Kier molecular flexibility index (Phi) is 4.15. The first kappa shape index (κ1) is 12.8. The molecule has 1 aromatic rings. The second-order valence-corrected chi connectivity index (χ2v) is 4.64. The summed E-state index contributed by atoms with van der Waals surface area (Å²) in [6.45, 7) is 0. The van der Waals surface area contributed by atoms with Crippen LogP contribution in [0.25, 0.3) is 0 Å². The van der Waals surface area contributed by atoms with Crippen molar-refractivity contribution in [3.8, 4) is 0 Å². The molecule has 2 rings (SSSR count). The van der Waals surface area contributed by atoms with Crippen molar-refractivity contribution in [2.24, 2.45) is 0 Å². The summed E-state index contributed by atoms with van der Waals surface area (Å²) in [5.74, 6) is 0. The zero-order chi connectivity index (χ0) is 13.0. The van der Waals surface area contributed by atoms with Crippen LogP contribution in [0.1, 0.15) is 30.0 Å². The maximum atomic E-state index is 11.0. The first-order valence-corrected chi connectivity index (χ1v) is 6.35. The number of nitrogens with one attached hydrogen (secondary N) is 2. The molecule has 2 N–H and O–H groups in total. The second kappa shape index (κ2) is 5.82. The van der Waals surface area contributed by atoms with E-state index in [1.54, 1.807) is 0 Å². The topological polar surface area (TPSA) is 50.4 Å². The van der Waals surface area contributed by atoms with Crippen LogP contribution in [-0.4, -0.2) is 18.3 Å². The molecule has 96 valence electrons. The first-order valence-electron chi connectivity index (χ1n) is 5.94. The molecule has 1 atom stereocenters. The highest BCUT2D eigenvalue weighted by Crippen LogP contribution is 2.29. The molecule has 0 spiro atoms. The second-order valence-electron chi connectivity index (χ2n) is 4.23. The van der Waals surface area contributed by atoms with E-state index in [-0.39, 0.29) is 6.04 Å². The van der Waals surface area contributed by atoms with Gasteiger partial charge in [-0.15, -0.1) is 0 Å². The molecule has 1 aliphatic carbocycles. The number of amides is 1. The summed E-state index contributed by atoms with van der Waals surface area (Å²) in [5.41, 5.74) is 2.61. The van der Waals surface area contributed by atoms with E-state index in [4.69, 9.17) is 12.2 Å². The van der Waals surface area contributed by atoms with Gasteiger partial charge in [-0.25, -0.2) is 4.79 Å². The lowest BCUT2D eigenvalue weighted by Gasteiger charge is -2.27. The van der Waals surface area contributed by atoms with Crippen molar-refractivity contribution in [3.63, 3.8) is 0 Å². The van der Waals surface area contributed by atoms with Crippen LogP contribution in [0.15, 0.2) is 24.3 Å². The van der Waals surface area contributed by atoms with E-state index in [1.807, 2.05) is 12.1 Å². The largest absolute Gasteiger partial charge is 0.453 e. The Bertz CT molecular complexity index is 462. The summed E-state index contributed by atoms with van der Waals surface area (Å²) in [6.07, 6.45) is 2.69. The van der Waals surface area contributed by atoms with Gasteiger partial charge in [0.05, 0.1) is 13.2 Å². The van der Waals surface area contributed by atoms with Crippen molar-refractivity contribution in [2.45, 2.75) is 25.3 Å². The smallest absolute Gasteiger partial charge is 0.413 e. The number of thiocarbonyl (C=S) groups is 1. The molecule has 0 aromatic heterocycles. The highest BCUT2D eigenvalue weighted by atomic mass is 32.1. The molecule has 0 heterocycles. The van der Waals surface area contributed by atoms with Crippen LogP contribution in [0.5, 0.6) is 0 Å². The Balaban J connectivity index is 2.03. The maximum absolute atomic E-state index is 11.0. The zero-order valence-corrected chi connectivity index (χ0v) is 11.0. The van der Waals surface area contributed by atoms with Crippen LogP contribution in [0.4, 0.5) is 4.79 Å². The third-order valence-electron chi connectivity index (χ3n) is 3.08. The number of rotatable bonds is 1. The van der Waals surface area contributed by atoms with Crippen LogP contribution in [-0.2, 0) is 11.2 Å². The van der Waals surface area contributed by atoms with Gasteiger partial charge in [0.15, 0.2) is 5.11 Å². The van der Waals surface area contributed by atoms with Crippen molar-refractivity contribution in [3.05, 3.63) is 35.4 Å². The van der Waals surface area contributed by atoms with Gasteiger partial charge in [0, 0.05) is 0 Å². The van der Waals surface area contributed by atoms with Crippen molar-refractivity contribution < 1.29 is 9.53 Å². The van der Waals surface area contributed by atoms with E-state index in [9.17, 15) is 4.79 Å². The molecule has 0 saturated carbocycles. The number of alkyl carbamates (subject to hydrolysis) is 1. The Hall–Kier alpha value is -1.62. The summed E-state index contributed by atoms with van der Waals surface area (Å²) in [6, 6.07) is 8.48. The molecule has 4 nitrogen and oxygen atoms in total. The summed E-state index contributed by atoms with van der Waals surface area (Å²) in [5, 5.41) is 5.94. The SMILES string of the molecule is COC(=O)NC(=S)NC1CCCc2ccccc21. The number of fused-ring (bicyclic) bond motifs is 1. The van der Waals surface area contributed by atoms with E-state index in [1.165, 1.54) is 18.2 Å². The van der Waals surface area contributed by atoms with Crippen LogP contribution >= 0.6 is 12.2 Å². The molecular formula is C13H16N2O2S. The van der Waals surface area contributed by atoms with Crippen molar-refractivity contribution in [1.29, 1.82) is 0 Å². The van der Waals surface area contributed by atoms with Gasteiger partial charge in [-0.05, 0) is 42.6 Å². The Morgan fingerprint density at radius 2 is 2.22 bits per heavy atom. The van der Waals surface area contributed by atoms with E-state index in [0.717, 1.165) is 19.3 Å². The molecule has 5 heteroatoms. The van der Waals surface area contributed by atoms with Gasteiger partial charge < -0.3 is 10.1 Å². The summed E-state index contributed by atoms with van der Waals surface area (Å²) in [4.78, 5) is 11.0. The third kappa shape index (κ3) is 2.98. The molecule has 0 bridgehead atoms. The number of aryl methyl sites for hydroxylation is 1. The molecule has 0 saturated heterocycles. The van der Waals surface area contributed by atoms with Crippen LogP contribution in [0, 0.1) is 0 Å². The lowest BCUT2D eigenvalue weighted by Crippen LogP contribution is -2.41. The normalized spacial score (nSPS) is 17.5. The van der Waals surface area contributed by atoms with Gasteiger partial charge in [-0.2, -0.15) is 0 Å². The van der Waals surface area contributed by atoms with Gasteiger partial charge in [0.1, 0.15) is 0 Å². The van der Waals surface area contributed by atoms with Gasteiger partial charge in [0.25, 0.3) is 0 Å². The molecular weight excluding hydrogens is 248 g/mol. The van der Waals surface area contributed by atoms with Crippen molar-refractivity contribution >= 4 is 23.4 Å². The Morgan fingerprint density at radius 3 is 3.00 bits per heavy atom. The van der Waals surface area contributed by atoms with Crippen LogP contribution in [0.2, 0.25) is 0 Å². The van der Waals surface area contributed by atoms with E-state index < -0.39 is 6.09 Å². The third-order valence-corrected chi connectivity index (χ3v) is 3.30. The summed E-state index contributed by atoms with van der Waals surface area (Å²) >= 11 is 5.08. The quantitative estimate of drug-likeness (QED) is 0.764. The number of carbonyl (C=O) groups is 1. The van der Waals surface area contributed by atoms with Crippen LogP contribution in [0.3, 0.4) is 0 Å². The maximum Gasteiger partial charge on any atom is 0.413 e. The predicted octanol–water partition coefficient (Wildman–Crippen LogP) is 2.29. The predicted molar refractivity (Wildman–Crippen MR) is 73.4 cm³/mol. The van der Waals surface area contributed by atoms with E-state index >= 15 is 0 Å².